The van der Waals surface area contributed by atoms with E-state index in [1.54, 1.807) is 11.3 Å². The van der Waals surface area contributed by atoms with Gasteiger partial charge in [-0.2, -0.15) is 0 Å². The van der Waals surface area contributed by atoms with Gasteiger partial charge in [-0.15, -0.1) is 11.3 Å². The van der Waals surface area contributed by atoms with Crippen LogP contribution in [0.25, 0.3) is 10.4 Å². The second kappa shape index (κ2) is 7.70. The third kappa shape index (κ3) is 4.23. The maximum atomic E-state index is 13.2. The molecule has 1 aromatic carbocycles. The molecule has 1 aromatic heterocycles. The van der Waals surface area contributed by atoms with E-state index in [9.17, 15) is 9.90 Å². The number of aromatic nitrogens is 1. The summed E-state index contributed by atoms with van der Waals surface area (Å²) in [6.07, 6.45) is 0.0276. The Morgan fingerprint density at radius 3 is 2.48 bits per heavy atom. The number of aryl methyl sites for hydroxylation is 1. The molecule has 0 aliphatic carbocycles. The number of nitrogens with zero attached hydrogens (tertiary/aromatic N) is 2. The van der Waals surface area contributed by atoms with Crippen molar-refractivity contribution in [3.05, 3.63) is 41.0 Å². The lowest BCUT2D eigenvalue weighted by Crippen LogP contribution is -2.53. The Labute approximate surface area is 165 Å². The Bertz CT molecular complexity index is 795. The highest BCUT2D eigenvalue weighted by molar-refractivity contribution is 7.13. The van der Waals surface area contributed by atoms with Crippen molar-refractivity contribution in [2.24, 2.45) is 0 Å². The summed E-state index contributed by atoms with van der Waals surface area (Å²) in [5, 5.41) is 12.9. The number of thiazole rings is 1. The van der Waals surface area contributed by atoms with Crippen LogP contribution in [0.15, 0.2) is 29.8 Å². The zero-order chi connectivity index (χ0) is 19.8. The standard InChI is InChI=1S/C21H29N3O2S/c1-13-19(27-12-23-13)16-8-6-15(7-9-16)14(2)24(21(3,4)5)20(26)18-10-17(25)11-22-18/h6-9,12,14,17-18,22,25H,10-11H2,1-5H3/t14-,17+,18-/m0/s1. The van der Waals surface area contributed by atoms with Gasteiger partial charge >= 0.3 is 0 Å². The Kier molecular flexibility index (Phi) is 5.70. The van der Waals surface area contributed by atoms with Crippen molar-refractivity contribution in [1.29, 1.82) is 0 Å². The van der Waals surface area contributed by atoms with Gasteiger partial charge in [-0.05, 0) is 52.2 Å². The normalized spacial score (nSPS) is 21.3. The quantitative estimate of drug-likeness (QED) is 0.842. The molecule has 146 valence electrons. The van der Waals surface area contributed by atoms with Crippen molar-refractivity contribution in [2.45, 2.75) is 64.8 Å². The average molecular weight is 388 g/mol. The molecular formula is C21H29N3O2S. The predicted octanol–water partition coefficient (Wildman–Crippen LogP) is 3.53. The van der Waals surface area contributed by atoms with Gasteiger partial charge in [-0.25, -0.2) is 4.98 Å². The molecule has 1 saturated heterocycles. The van der Waals surface area contributed by atoms with Crippen LogP contribution in [0.3, 0.4) is 0 Å². The lowest BCUT2D eigenvalue weighted by molar-refractivity contribution is -0.141. The van der Waals surface area contributed by atoms with E-state index in [0.29, 0.717) is 13.0 Å². The molecule has 2 aromatic rings. The van der Waals surface area contributed by atoms with Crippen LogP contribution in [0.4, 0.5) is 0 Å². The van der Waals surface area contributed by atoms with E-state index >= 15 is 0 Å². The number of benzene rings is 1. The van der Waals surface area contributed by atoms with Crippen molar-refractivity contribution in [1.82, 2.24) is 15.2 Å². The number of hydrogen-bond acceptors (Lipinski definition) is 5. The van der Waals surface area contributed by atoms with Crippen LogP contribution in [0, 0.1) is 6.92 Å². The van der Waals surface area contributed by atoms with Crippen molar-refractivity contribution >= 4 is 17.2 Å². The molecule has 0 radical (unpaired) electrons. The third-order valence-corrected chi connectivity index (χ3v) is 6.13. The second-order valence-electron chi connectivity index (χ2n) is 8.29. The van der Waals surface area contributed by atoms with Crippen LogP contribution in [-0.2, 0) is 4.79 Å². The number of hydrogen-bond donors (Lipinski definition) is 2. The Hall–Kier alpha value is -1.76. The number of aliphatic hydroxyl groups is 1. The number of nitrogens with one attached hydrogen (secondary N) is 1. The van der Waals surface area contributed by atoms with Crippen LogP contribution in [-0.4, -0.2) is 45.1 Å². The highest BCUT2D eigenvalue weighted by atomic mass is 32.1. The molecule has 27 heavy (non-hydrogen) atoms. The van der Waals surface area contributed by atoms with E-state index < -0.39 is 6.10 Å². The summed E-state index contributed by atoms with van der Waals surface area (Å²) in [7, 11) is 0. The van der Waals surface area contributed by atoms with Crippen molar-refractivity contribution in [3.63, 3.8) is 0 Å². The van der Waals surface area contributed by atoms with Crippen LogP contribution in [0.5, 0.6) is 0 Å². The molecule has 1 amide bonds. The SMILES string of the molecule is Cc1ncsc1-c1ccc([C@H](C)N(C(=O)[C@@H]2C[C@@H](O)CN2)C(C)(C)C)cc1. The van der Waals surface area contributed by atoms with Crippen LogP contribution < -0.4 is 5.32 Å². The van der Waals surface area contributed by atoms with Gasteiger partial charge in [0.1, 0.15) is 0 Å². The number of aliphatic hydroxyl groups excluding tert-OH is 1. The number of carbonyl (C=O) groups is 1. The lowest BCUT2D eigenvalue weighted by Gasteiger charge is -2.42. The molecule has 3 rings (SSSR count). The summed E-state index contributed by atoms with van der Waals surface area (Å²) in [5.74, 6) is 0.0499. The zero-order valence-corrected chi connectivity index (χ0v) is 17.5. The topological polar surface area (TPSA) is 65.5 Å². The van der Waals surface area contributed by atoms with Crippen molar-refractivity contribution in [3.8, 4) is 10.4 Å². The largest absolute Gasteiger partial charge is 0.392 e. The van der Waals surface area contributed by atoms with Gasteiger partial charge in [0.15, 0.2) is 0 Å². The summed E-state index contributed by atoms with van der Waals surface area (Å²) in [5.41, 5.74) is 4.84. The minimum Gasteiger partial charge on any atom is -0.392 e. The van der Waals surface area contributed by atoms with E-state index in [1.807, 2.05) is 17.3 Å². The summed E-state index contributed by atoms with van der Waals surface area (Å²) < 4.78 is 0. The predicted molar refractivity (Wildman–Crippen MR) is 110 cm³/mol. The van der Waals surface area contributed by atoms with Crippen molar-refractivity contribution < 1.29 is 9.90 Å². The molecule has 0 saturated carbocycles. The first kappa shape index (κ1) is 20.0. The van der Waals surface area contributed by atoms with Crippen LogP contribution in [0.2, 0.25) is 0 Å². The number of carbonyl (C=O) groups excluding carboxylic acids is 1. The van der Waals surface area contributed by atoms with E-state index in [2.05, 4.69) is 62.3 Å². The zero-order valence-electron chi connectivity index (χ0n) is 16.7. The molecule has 0 bridgehead atoms. The van der Waals surface area contributed by atoms with Crippen LogP contribution in [0.1, 0.15) is 51.4 Å². The molecule has 0 unspecified atom stereocenters. The third-order valence-electron chi connectivity index (χ3n) is 5.15. The molecular weight excluding hydrogens is 358 g/mol. The van der Waals surface area contributed by atoms with Gasteiger partial charge in [0.05, 0.1) is 34.3 Å². The van der Waals surface area contributed by atoms with Gasteiger partial charge in [0.2, 0.25) is 5.91 Å². The molecule has 1 aliphatic rings. The monoisotopic (exact) mass is 387 g/mol. The van der Waals surface area contributed by atoms with E-state index in [0.717, 1.165) is 16.8 Å². The van der Waals surface area contributed by atoms with Gasteiger partial charge in [0.25, 0.3) is 0 Å². The van der Waals surface area contributed by atoms with E-state index in [4.69, 9.17) is 0 Å². The molecule has 2 heterocycles. The fraction of sp³-hybridized carbons (Fsp3) is 0.524. The minimum atomic E-state index is -0.446. The van der Waals surface area contributed by atoms with Gasteiger partial charge < -0.3 is 15.3 Å². The van der Waals surface area contributed by atoms with E-state index in [-0.39, 0.29) is 23.5 Å². The fourth-order valence-corrected chi connectivity index (χ4v) is 4.63. The highest BCUT2D eigenvalue weighted by Gasteiger charge is 2.38. The fourth-order valence-electron chi connectivity index (χ4n) is 3.82. The molecule has 1 aliphatic heterocycles. The number of rotatable bonds is 4. The summed E-state index contributed by atoms with van der Waals surface area (Å²) in [6, 6.07) is 8.03. The molecule has 0 spiro atoms. The number of β-amino-alcohol motifs (C(OH)–C–C–N with tert-alkyl or cyclic N) is 1. The maximum Gasteiger partial charge on any atom is 0.240 e. The first-order chi connectivity index (χ1) is 12.7. The van der Waals surface area contributed by atoms with Gasteiger partial charge in [0, 0.05) is 12.1 Å². The summed E-state index contributed by atoms with van der Waals surface area (Å²) in [4.78, 5) is 20.6. The minimum absolute atomic E-state index is 0.0499. The molecule has 3 atom stereocenters. The molecule has 1 fully saturated rings. The first-order valence-electron chi connectivity index (χ1n) is 9.43. The molecule has 2 N–H and O–H groups in total. The summed E-state index contributed by atoms with van der Waals surface area (Å²) in [6.45, 7) is 10.7. The van der Waals surface area contributed by atoms with Crippen LogP contribution >= 0.6 is 11.3 Å². The Morgan fingerprint density at radius 1 is 1.33 bits per heavy atom. The van der Waals surface area contributed by atoms with Gasteiger partial charge in [-0.3, -0.25) is 4.79 Å². The maximum absolute atomic E-state index is 13.2. The van der Waals surface area contributed by atoms with E-state index in [1.165, 1.54) is 4.88 Å². The molecule has 6 heteroatoms. The Balaban J connectivity index is 1.85. The first-order valence-corrected chi connectivity index (χ1v) is 10.3. The summed E-state index contributed by atoms with van der Waals surface area (Å²) >= 11 is 1.64. The smallest absolute Gasteiger partial charge is 0.240 e. The molecule has 5 nitrogen and oxygen atoms in total. The highest BCUT2D eigenvalue weighted by Crippen LogP contribution is 2.32. The Morgan fingerprint density at radius 2 is 2.00 bits per heavy atom. The lowest BCUT2D eigenvalue weighted by atomic mass is 9.96. The number of amides is 1. The van der Waals surface area contributed by atoms with Gasteiger partial charge in [-0.1, -0.05) is 24.3 Å². The average Bonchev–Trinajstić information content (AvgIpc) is 3.22. The van der Waals surface area contributed by atoms with Crippen molar-refractivity contribution in [2.75, 3.05) is 6.54 Å². The second-order valence-corrected chi connectivity index (χ2v) is 9.15.